The maximum absolute atomic E-state index is 6.57. The molecule has 1 aliphatic rings. The summed E-state index contributed by atoms with van der Waals surface area (Å²) < 4.78 is 4.43. The van der Waals surface area contributed by atoms with Gasteiger partial charge in [0.1, 0.15) is 0 Å². The summed E-state index contributed by atoms with van der Waals surface area (Å²) >= 11 is 0. The average Bonchev–Trinajstić information content (AvgIpc) is 2.21. The molecular formula is C10H22Cl2N2S. The molecular weight excluding hydrogens is 251 g/mol. The SMILES string of the molecule is CC(C)(C)N1CCN(C(C)(C)C)S1(Cl)Cl. The molecule has 1 rings (SSSR count). The Morgan fingerprint density at radius 2 is 1.07 bits per heavy atom. The Kier molecular flexibility index (Phi) is 3.66. The van der Waals surface area contributed by atoms with Gasteiger partial charge in [-0.25, -0.2) is 8.61 Å². The fourth-order valence-electron chi connectivity index (χ4n) is 1.85. The van der Waals surface area contributed by atoms with Crippen molar-refractivity contribution in [3.05, 3.63) is 0 Å². The molecule has 0 aromatic carbocycles. The van der Waals surface area contributed by atoms with Crippen molar-refractivity contribution in [3.63, 3.8) is 0 Å². The number of hydrogen-bond donors (Lipinski definition) is 0. The van der Waals surface area contributed by atoms with Crippen molar-refractivity contribution in [2.75, 3.05) is 13.1 Å². The maximum Gasteiger partial charge on any atom is 0.0366 e. The third-order valence-corrected chi connectivity index (χ3v) is 7.05. The summed E-state index contributed by atoms with van der Waals surface area (Å²) in [4.78, 5) is 0. The summed E-state index contributed by atoms with van der Waals surface area (Å²) in [6.45, 7) is 14.8. The lowest BCUT2D eigenvalue weighted by atomic mass is 10.1. The Balaban J connectivity index is 2.95. The van der Waals surface area contributed by atoms with E-state index in [0.29, 0.717) is 0 Å². The molecule has 92 valence electrons. The predicted molar refractivity (Wildman–Crippen MR) is 72.2 cm³/mol. The molecule has 1 saturated heterocycles. The molecule has 0 spiro atoms. The Morgan fingerprint density at radius 3 is 1.20 bits per heavy atom. The van der Waals surface area contributed by atoms with Crippen LogP contribution in [0.5, 0.6) is 0 Å². The molecule has 0 atom stereocenters. The van der Waals surface area contributed by atoms with E-state index in [0.717, 1.165) is 13.1 Å². The van der Waals surface area contributed by atoms with E-state index in [9.17, 15) is 0 Å². The minimum atomic E-state index is -1.83. The van der Waals surface area contributed by atoms with Crippen molar-refractivity contribution in [2.24, 2.45) is 0 Å². The minimum Gasteiger partial charge on any atom is -0.226 e. The van der Waals surface area contributed by atoms with Crippen LogP contribution < -0.4 is 0 Å². The monoisotopic (exact) mass is 272 g/mol. The fraction of sp³-hybridized carbons (Fsp3) is 1.00. The van der Waals surface area contributed by atoms with Gasteiger partial charge in [0.2, 0.25) is 0 Å². The van der Waals surface area contributed by atoms with E-state index in [2.05, 4.69) is 50.2 Å². The normalized spacial score (nSPS) is 26.9. The first-order valence-corrected chi connectivity index (χ1v) is 8.45. The van der Waals surface area contributed by atoms with Crippen molar-refractivity contribution in [2.45, 2.75) is 52.6 Å². The van der Waals surface area contributed by atoms with Crippen LogP contribution in [-0.4, -0.2) is 32.8 Å². The smallest absolute Gasteiger partial charge is 0.0366 e. The Morgan fingerprint density at radius 1 is 0.800 bits per heavy atom. The van der Waals surface area contributed by atoms with Crippen molar-refractivity contribution >= 4 is 30.2 Å². The molecule has 0 saturated carbocycles. The average molecular weight is 273 g/mol. The molecule has 1 aliphatic heterocycles. The molecule has 2 nitrogen and oxygen atoms in total. The van der Waals surface area contributed by atoms with E-state index in [1.807, 2.05) is 0 Å². The lowest BCUT2D eigenvalue weighted by molar-refractivity contribution is 0.271. The van der Waals surface area contributed by atoms with Gasteiger partial charge in [-0.15, -0.1) is 0 Å². The quantitative estimate of drug-likeness (QED) is 0.654. The molecule has 0 radical (unpaired) electrons. The van der Waals surface area contributed by atoms with Crippen LogP contribution in [0.1, 0.15) is 41.5 Å². The van der Waals surface area contributed by atoms with Gasteiger partial charge >= 0.3 is 0 Å². The van der Waals surface area contributed by atoms with Gasteiger partial charge in [0.05, 0.1) is 0 Å². The summed E-state index contributed by atoms with van der Waals surface area (Å²) in [5.74, 6) is 0. The molecule has 1 fully saturated rings. The van der Waals surface area contributed by atoms with Crippen LogP contribution in [-0.2, 0) is 0 Å². The van der Waals surface area contributed by atoms with Gasteiger partial charge in [0, 0.05) is 33.0 Å². The molecule has 5 heteroatoms. The maximum atomic E-state index is 6.57. The van der Waals surface area contributed by atoms with Gasteiger partial charge < -0.3 is 0 Å². The van der Waals surface area contributed by atoms with E-state index >= 15 is 0 Å². The van der Waals surface area contributed by atoms with Crippen LogP contribution in [0.2, 0.25) is 0 Å². The summed E-state index contributed by atoms with van der Waals surface area (Å²) in [6.07, 6.45) is 0. The first-order valence-electron chi connectivity index (χ1n) is 5.25. The molecule has 0 aliphatic carbocycles. The van der Waals surface area contributed by atoms with Crippen molar-refractivity contribution in [1.82, 2.24) is 8.61 Å². The van der Waals surface area contributed by atoms with Crippen molar-refractivity contribution in [3.8, 4) is 0 Å². The van der Waals surface area contributed by atoms with Gasteiger partial charge in [0.15, 0.2) is 0 Å². The van der Waals surface area contributed by atoms with Crippen LogP contribution >= 0.6 is 30.2 Å². The molecule has 0 aromatic heterocycles. The zero-order valence-corrected chi connectivity index (χ0v) is 12.8. The molecule has 15 heavy (non-hydrogen) atoms. The second-order valence-electron chi connectivity index (χ2n) is 5.96. The highest BCUT2D eigenvalue weighted by molar-refractivity contribution is 8.63. The predicted octanol–water partition coefficient (Wildman–Crippen LogP) is 4.14. The Hall–Kier alpha value is 0.850. The topological polar surface area (TPSA) is 6.48 Å². The van der Waals surface area contributed by atoms with Crippen LogP contribution in [0, 0.1) is 0 Å². The van der Waals surface area contributed by atoms with Gasteiger partial charge in [-0.1, -0.05) is 0 Å². The Bertz CT molecular complexity index is 219. The summed E-state index contributed by atoms with van der Waals surface area (Å²) in [5, 5.41) is 0. The number of halogens is 2. The van der Waals surface area contributed by atoms with Crippen LogP contribution in [0.25, 0.3) is 0 Å². The van der Waals surface area contributed by atoms with Crippen LogP contribution in [0.3, 0.4) is 0 Å². The molecule has 0 aromatic rings. The van der Waals surface area contributed by atoms with Gasteiger partial charge in [-0.2, -0.15) is 0 Å². The number of hydrogen-bond acceptors (Lipinski definition) is 2. The summed E-state index contributed by atoms with van der Waals surface area (Å²) in [5.41, 5.74) is 0.0532. The lowest BCUT2D eigenvalue weighted by Crippen LogP contribution is -2.42. The van der Waals surface area contributed by atoms with E-state index in [-0.39, 0.29) is 11.1 Å². The van der Waals surface area contributed by atoms with Gasteiger partial charge in [-0.05, 0) is 62.9 Å². The summed E-state index contributed by atoms with van der Waals surface area (Å²) in [6, 6.07) is 0. The third kappa shape index (κ3) is 2.75. The van der Waals surface area contributed by atoms with Gasteiger partial charge in [-0.3, -0.25) is 0 Å². The van der Waals surface area contributed by atoms with Gasteiger partial charge in [0.25, 0.3) is 0 Å². The zero-order chi connectivity index (χ0) is 12.1. The van der Waals surface area contributed by atoms with E-state index in [1.54, 1.807) is 0 Å². The second kappa shape index (κ2) is 3.95. The molecule has 0 unspecified atom stereocenters. The highest BCUT2D eigenvalue weighted by Crippen LogP contribution is 2.70. The molecule has 0 N–H and O–H groups in total. The first-order chi connectivity index (χ1) is 6.47. The van der Waals surface area contributed by atoms with Crippen LogP contribution in [0.15, 0.2) is 0 Å². The van der Waals surface area contributed by atoms with E-state index < -0.39 is 8.83 Å². The zero-order valence-electron chi connectivity index (χ0n) is 10.5. The third-order valence-electron chi connectivity index (χ3n) is 2.53. The van der Waals surface area contributed by atoms with Crippen LogP contribution in [0.4, 0.5) is 0 Å². The Labute approximate surface area is 104 Å². The van der Waals surface area contributed by atoms with E-state index in [1.165, 1.54) is 0 Å². The van der Waals surface area contributed by atoms with Crippen molar-refractivity contribution in [1.29, 1.82) is 0 Å². The standard InChI is InChI=1S/C10H22Cl2N2S/c1-9(2,3)13-7-8-14(10(4,5)6)15(13,11)12/h7-8H2,1-6H3. The molecule has 1 heterocycles. The van der Waals surface area contributed by atoms with E-state index in [4.69, 9.17) is 21.4 Å². The number of nitrogens with zero attached hydrogens (tertiary/aromatic N) is 2. The minimum absolute atomic E-state index is 0.0266. The highest BCUT2D eigenvalue weighted by atomic mass is 36.0. The fourth-order valence-corrected chi connectivity index (χ4v) is 7.32. The largest absolute Gasteiger partial charge is 0.226 e. The first kappa shape index (κ1) is 13.9. The molecule has 0 bridgehead atoms. The lowest BCUT2D eigenvalue weighted by Gasteiger charge is -2.48. The highest BCUT2D eigenvalue weighted by Gasteiger charge is 2.48. The van der Waals surface area contributed by atoms with Crippen molar-refractivity contribution < 1.29 is 0 Å². The number of rotatable bonds is 0. The second-order valence-corrected chi connectivity index (χ2v) is 10.7. The summed E-state index contributed by atoms with van der Waals surface area (Å²) in [7, 11) is 11.3. The molecule has 0 amide bonds.